The topological polar surface area (TPSA) is 32.3 Å². The van der Waals surface area contributed by atoms with Gasteiger partial charge in [0, 0.05) is 25.0 Å². The average Bonchev–Trinajstić information content (AvgIpc) is 3.10. The molecule has 2 fully saturated rings. The summed E-state index contributed by atoms with van der Waals surface area (Å²) in [6, 6.07) is 0.646. The molecule has 1 N–H and O–H groups in total. The minimum absolute atomic E-state index is 0.394. The van der Waals surface area contributed by atoms with E-state index >= 15 is 0 Å². The average molecular weight is 210 g/mol. The minimum Gasteiger partial charge on any atom is -0.342 e. The Hall–Kier alpha value is -0.570. The number of amides is 1. The highest BCUT2D eigenvalue weighted by molar-refractivity contribution is 5.81. The molecule has 1 heterocycles. The molecule has 1 aliphatic carbocycles. The second-order valence-corrected chi connectivity index (χ2v) is 4.83. The largest absolute Gasteiger partial charge is 0.342 e. The van der Waals surface area contributed by atoms with Crippen LogP contribution in [0.5, 0.6) is 0 Å². The lowest BCUT2D eigenvalue weighted by atomic mass is 10.0. The summed E-state index contributed by atoms with van der Waals surface area (Å²) in [5.74, 6) is 0.814. The van der Waals surface area contributed by atoms with Crippen LogP contribution in [0.1, 0.15) is 39.0 Å². The van der Waals surface area contributed by atoms with Gasteiger partial charge in [-0.25, -0.2) is 0 Å². The number of likely N-dealkylation sites (tertiary alicyclic amines) is 1. The van der Waals surface area contributed by atoms with E-state index in [0.717, 1.165) is 45.3 Å². The molecule has 1 amide bonds. The molecule has 0 radical (unpaired) electrons. The predicted octanol–water partition coefficient (Wildman–Crippen LogP) is 1.39. The van der Waals surface area contributed by atoms with Crippen molar-refractivity contribution in [3.63, 3.8) is 0 Å². The highest BCUT2D eigenvalue weighted by Crippen LogP contribution is 2.31. The van der Waals surface area contributed by atoms with Crippen molar-refractivity contribution in [1.82, 2.24) is 10.2 Å². The van der Waals surface area contributed by atoms with Crippen LogP contribution in [0.3, 0.4) is 0 Å². The minimum atomic E-state index is 0.394. The molecular weight excluding hydrogens is 188 g/mol. The zero-order valence-corrected chi connectivity index (χ0v) is 9.67. The van der Waals surface area contributed by atoms with Gasteiger partial charge in [-0.15, -0.1) is 0 Å². The van der Waals surface area contributed by atoms with Crippen molar-refractivity contribution in [1.29, 1.82) is 0 Å². The second kappa shape index (κ2) is 4.97. The number of nitrogens with zero attached hydrogens (tertiary/aromatic N) is 1. The Kier molecular flexibility index (Phi) is 3.62. The lowest BCUT2D eigenvalue weighted by Gasteiger charge is -2.32. The van der Waals surface area contributed by atoms with Gasteiger partial charge in [0.15, 0.2) is 0 Å². The van der Waals surface area contributed by atoms with Gasteiger partial charge in [-0.3, -0.25) is 4.79 Å². The van der Waals surface area contributed by atoms with Crippen LogP contribution in [0, 0.1) is 5.92 Å². The number of hydrogen-bond donors (Lipinski definition) is 1. The number of carbonyl (C=O) groups excluding carboxylic acids is 1. The second-order valence-electron chi connectivity index (χ2n) is 4.83. The smallest absolute Gasteiger partial charge is 0.225 e. The van der Waals surface area contributed by atoms with Crippen LogP contribution >= 0.6 is 0 Å². The van der Waals surface area contributed by atoms with Crippen molar-refractivity contribution < 1.29 is 4.79 Å². The van der Waals surface area contributed by atoms with E-state index in [4.69, 9.17) is 0 Å². The molecule has 1 saturated carbocycles. The lowest BCUT2D eigenvalue weighted by Crippen LogP contribution is -2.45. The summed E-state index contributed by atoms with van der Waals surface area (Å²) >= 11 is 0. The third-order valence-electron chi connectivity index (χ3n) is 3.42. The van der Waals surface area contributed by atoms with E-state index in [1.54, 1.807) is 0 Å². The normalized spacial score (nSPS) is 23.1. The Morgan fingerprint density at radius 1 is 1.27 bits per heavy atom. The molecule has 2 aliphatic rings. The Morgan fingerprint density at radius 2 is 1.93 bits per heavy atom. The maximum atomic E-state index is 11.8. The van der Waals surface area contributed by atoms with Crippen molar-refractivity contribution in [2.45, 2.75) is 45.1 Å². The monoisotopic (exact) mass is 210 g/mol. The zero-order chi connectivity index (χ0) is 10.7. The molecule has 3 nitrogen and oxygen atoms in total. The zero-order valence-electron chi connectivity index (χ0n) is 9.67. The van der Waals surface area contributed by atoms with Crippen molar-refractivity contribution >= 4 is 5.91 Å². The van der Waals surface area contributed by atoms with Gasteiger partial charge in [-0.1, -0.05) is 6.92 Å². The van der Waals surface area contributed by atoms with Crippen LogP contribution in [0.15, 0.2) is 0 Å². The molecule has 0 atom stereocenters. The summed E-state index contributed by atoms with van der Waals surface area (Å²) in [5, 5.41) is 3.54. The molecule has 2 rings (SSSR count). The van der Waals surface area contributed by atoms with E-state index < -0.39 is 0 Å². The standard InChI is InChI=1S/C12H22N2O/c1-2-7-13-11-5-8-14(9-6-11)12(15)10-3-4-10/h10-11,13H,2-9H2,1H3. The summed E-state index contributed by atoms with van der Waals surface area (Å²) in [6.45, 7) is 5.24. The van der Waals surface area contributed by atoms with E-state index in [1.165, 1.54) is 6.42 Å². The quantitative estimate of drug-likeness (QED) is 0.760. The van der Waals surface area contributed by atoms with Crippen molar-refractivity contribution in [2.75, 3.05) is 19.6 Å². The molecule has 15 heavy (non-hydrogen) atoms. The molecule has 0 aromatic rings. The van der Waals surface area contributed by atoms with Gasteiger partial charge in [0.25, 0.3) is 0 Å². The first-order valence-electron chi connectivity index (χ1n) is 6.33. The Bertz CT molecular complexity index is 218. The molecule has 86 valence electrons. The maximum absolute atomic E-state index is 11.8. The molecule has 1 aliphatic heterocycles. The number of piperidine rings is 1. The van der Waals surface area contributed by atoms with E-state index in [0.29, 0.717) is 17.9 Å². The lowest BCUT2D eigenvalue weighted by molar-refractivity contribution is -0.133. The fourth-order valence-corrected chi connectivity index (χ4v) is 2.24. The van der Waals surface area contributed by atoms with E-state index in [9.17, 15) is 4.79 Å². The first-order valence-corrected chi connectivity index (χ1v) is 6.33. The maximum Gasteiger partial charge on any atom is 0.225 e. The summed E-state index contributed by atoms with van der Waals surface area (Å²) in [6.07, 6.45) is 5.73. The van der Waals surface area contributed by atoms with Gasteiger partial charge in [-0.05, 0) is 38.6 Å². The molecule has 0 bridgehead atoms. The SMILES string of the molecule is CCCNC1CCN(C(=O)C2CC2)CC1. The van der Waals surface area contributed by atoms with E-state index in [-0.39, 0.29) is 0 Å². The molecule has 0 aromatic carbocycles. The third kappa shape index (κ3) is 2.94. The molecule has 3 heteroatoms. The van der Waals surface area contributed by atoms with Gasteiger partial charge in [0.05, 0.1) is 0 Å². The molecule has 0 spiro atoms. The summed E-state index contributed by atoms with van der Waals surface area (Å²) in [4.78, 5) is 13.9. The first kappa shape index (κ1) is 10.9. The fourth-order valence-electron chi connectivity index (χ4n) is 2.24. The highest BCUT2D eigenvalue weighted by atomic mass is 16.2. The molecular formula is C12H22N2O. The van der Waals surface area contributed by atoms with Crippen molar-refractivity contribution in [3.8, 4) is 0 Å². The predicted molar refractivity (Wildman–Crippen MR) is 60.6 cm³/mol. The van der Waals surface area contributed by atoms with Gasteiger partial charge in [0.2, 0.25) is 5.91 Å². The van der Waals surface area contributed by atoms with Crippen LogP contribution in [0.2, 0.25) is 0 Å². The van der Waals surface area contributed by atoms with Gasteiger partial charge < -0.3 is 10.2 Å². The Morgan fingerprint density at radius 3 is 2.47 bits per heavy atom. The third-order valence-corrected chi connectivity index (χ3v) is 3.42. The summed E-state index contributed by atoms with van der Waals surface area (Å²) in [7, 11) is 0. The van der Waals surface area contributed by atoms with Crippen molar-refractivity contribution in [3.05, 3.63) is 0 Å². The van der Waals surface area contributed by atoms with Crippen LogP contribution in [-0.4, -0.2) is 36.5 Å². The number of carbonyl (C=O) groups is 1. The van der Waals surface area contributed by atoms with E-state index in [2.05, 4.69) is 17.1 Å². The van der Waals surface area contributed by atoms with Crippen LogP contribution in [0.4, 0.5) is 0 Å². The Labute approximate surface area is 92.2 Å². The molecule has 0 unspecified atom stereocenters. The first-order chi connectivity index (χ1) is 7.31. The van der Waals surface area contributed by atoms with Crippen LogP contribution in [-0.2, 0) is 4.79 Å². The van der Waals surface area contributed by atoms with Gasteiger partial charge >= 0.3 is 0 Å². The number of rotatable bonds is 4. The van der Waals surface area contributed by atoms with E-state index in [1.807, 2.05) is 0 Å². The van der Waals surface area contributed by atoms with Crippen LogP contribution < -0.4 is 5.32 Å². The molecule has 0 aromatic heterocycles. The molecule has 1 saturated heterocycles. The van der Waals surface area contributed by atoms with Gasteiger partial charge in [0.1, 0.15) is 0 Å². The summed E-state index contributed by atoms with van der Waals surface area (Å²) < 4.78 is 0. The fraction of sp³-hybridized carbons (Fsp3) is 0.917. The number of hydrogen-bond acceptors (Lipinski definition) is 2. The van der Waals surface area contributed by atoms with Crippen LogP contribution in [0.25, 0.3) is 0 Å². The number of nitrogens with one attached hydrogen (secondary N) is 1. The highest BCUT2D eigenvalue weighted by Gasteiger charge is 2.34. The van der Waals surface area contributed by atoms with Gasteiger partial charge in [-0.2, -0.15) is 0 Å². The Balaban J connectivity index is 1.69. The summed E-state index contributed by atoms with van der Waals surface area (Å²) in [5.41, 5.74) is 0. The van der Waals surface area contributed by atoms with Crippen molar-refractivity contribution in [2.24, 2.45) is 5.92 Å².